The van der Waals surface area contributed by atoms with E-state index >= 15 is 0 Å². The van der Waals surface area contributed by atoms with Crippen molar-refractivity contribution in [2.45, 2.75) is 186 Å². The highest BCUT2D eigenvalue weighted by atomic mass is 16.7. The first-order valence-electron chi connectivity index (χ1n) is 23.4. The molecular formula is C48H77N5O10. The van der Waals surface area contributed by atoms with Gasteiger partial charge in [-0.1, -0.05) is 58.0 Å². The second-order valence-electron chi connectivity index (χ2n) is 20.4. The van der Waals surface area contributed by atoms with Crippen molar-refractivity contribution in [2.24, 2.45) is 28.7 Å². The molecule has 1 aliphatic carbocycles. The molecule has 1 aromatic rings. The van der Waals surface area contributed by atoms with E-state index in [4.69, 9.17) is 28.7 Å². The van der Waals surface area contributed by atoms with Crippen LogP contribution < -0.4 is 5.32 Å². The average Bonchev–Trinajstić information content (AvgIpc) is 3.83. The van der Waals surface area contributed by atoms with Crippen LogP contribution in [0.4, 0.5) is 0 Å². The summed E-state index contributed by atoms with van der Waals surface area (Å²) in [5, 5.41) is 27.3. The summed E-state index contributed by atoms with van der Waals surface area (Å²) in [6.45, 7) is 18.0. The highest BCUT2D eigenvalue weighted by Gasteiger charge is 2.54. The van der Waals surface area contributed by atoms with E-state index < -0.39 is 77.8 Å². The number of methoxy groups -OCH3 is 1. The van der Waals surface area contributed by atoms with E-state index in [2.05, 4.69) is 5.32 Å². The number of hydrogen-bond acceptors (Lipinski definition) is 11. The van der Waals surface area contributed by atoms with Crippen LogP contribution in [0.25, 0.3) is 0 Å². The Labute approximate surface area is 375 Å². The number of benzene rings is 1. The van der Waals surface area contributed by atoms with Gasteiger partial charge >= 0.3 is 0 Å². The minimum Gasteiger partial charge on any atom is -0.454 e. The number of aliphatic imine (C=N–C) groups is 1. The minimum absolute atomic E-state index is 0.00546. The number of ether oxygens (including phenoxy) is 5. The van der Waals surface area contributed by atoms with E-state index in [1.807, 2.05) is 90.7 Å². The molecule has 4 heterocycles. The molecule has 0 spiro atoms. The van der Waals surface area contributed by atoms with Gasteiger partial charge in [-0.2, -0.15) is 0 Å². The van der Waals surface area contributed by atoms with Crippen LogP contribution in [0, 0.1) is 23.7 Å². The summed E-state index contributed by atoms with van der Waals surface area (Å²) in [5.41, 5.74) is -1.58. The fraction of sp³-hybridized carbons (Fsp3) is 0.792. The molecule has 16 atom stereocenters. The number of nitrogens with one attached hydrogen (secondary N) is 1. The molecule has 4 aliphatic heterocycles. The number of carbonyl (C=O) groups is 3. The first-order chi connectivity index (χ1) is 29.6. The van der Waals surface area contributed by atoms with Gasteiger partial charge in [-0.3, -0.25) is 14.4 Å². The maximum absolute atomic E-state index is 15.0. The third-order valence-corrected chi connectivity index (χ3v) is 14.5. The number of likely N-dealkylation sites (N-methyl/N-ethyl adjacent to an activating group) is 2. The van der Waals surface area contributed by atoms with Crippen LogP contribution in [0.1, 0.15) is 106 Å². The standard InChI is InChI=1S/C48H77N5O10/c1-27(2)49-46-52(11)37-22-30(5)60-45(39(37)62-46)63-41-31(6)38(61-34-21-29(4)40(54)48(9,25-34)59-12)32(7)42(55)50-35(23-33-17-14-13-15-18-33)43(56)53-20-16-19-36(53)44(57)51(10)26-28(3)24-47(41,8)58/h13-15,17-18,27-32,34-41,45,54,58H,16,19-26H2,1-12H3,(H,50,55)/t28-,29-,30-,31+,32-,34-,35+,36+,37+,38+,39-,40+,41-,45+,47-,48-/m1/s1. The molecular weight excluding hydrogens is 807 g/mol. The molecule has 1 saturated carbocycles. The highest BCUT2D eigenvalue weighted by Crippen LogP contribution is 2.42. The minimum atomic E-state index is -1.54. The summed E-state index contributed by atoms with van der Waals surface area (Å²) in [6, 6.07) is 8.32. The number of aliphatic hydroxyl groups is 2. The lowest BCUT2D eigenvalue weighted by Gasteiger charge is -2.48. The molecule has 6 rings (SSSR count). The van der Waals surface area contributed by atoms with E-state index in [1.54, 1.807) is 37.8 Å². The van der Waals surface area contributed by atoms with Gasteiger partial charge in [0.25, 0.3) is 6.02 Å². The molecule has 5 aliphatic rings. The van der Waals surface area contributed by atoms with Gasteiger partial charge in [0.15, 0.2) is 12.4 Å². The van der Waals surface area contributed by atoms with Gasteiger partial charge in [-0.15, -0.1) is 0 Å². The molecule has 0 aromatic heterocycles. The highest BCUT2D eigenvalue weighted by molar-refractivity contribution is 5.93. The quantitative estimate of drug-likeness (QED) is 0.343. The summed E-state index contributed by atoms with van der Waals surface area (Å²) < 4.78 is 33.3. The number of nitrogens with zero attached hydrogens (tertiary/aromatic N) is 4. The second kappa shape index (κ2) is 20.0. The zero-order valence-electron chi connectivity index (χ0n) is 39.9. The zero-order chi connectivity index (χ0) is 46.1. The Kier molecular flexibility index (Phi) is 15.6. The fourth-order valence-electron chi connectivity index (χ4n) is 11.2. The lowest BCUT2D eigenvalue weighted by Crippen LogP contribution is -2.60. The Morgan fingerprint density at radius 3 is 2.35 bits per heavy atom. The summed E-state index contributed by atoms with van der Waals surface area (Å²) >= 11 is 0. The summed E-state index contributed by atoms with van der Waals surface area (Å²) in [6.07, 6.45) is -1.52. The van der Waals surface area contributed by atoms with E-state index in [9.17, 15) is 24.6 Å². The Bertz CT molecular complexity index is 1770. The van der Waals surface area contributed by atoms with Crippen molar-refractivity contribution in [3.8, 4) is 0 Å². The zero-order valence-corrected chi connectivity index (χ0v) is 39.9. The van der Waals surface area contributed by atoms with E-state index in [0.717, 1.165) is 5.56 Å². The summed E-state index contributed by atoms with van der Waals surface area (Å²) in [7, 11) is 5.30. The Morgan fingerprint density at radius 1 is 0.984 bits per heavy atom. The third-order valence-electron chi connectivity index (χ3n) is 14.5. The van der Waals surface area contributed by atoms with Crippen molar-refractivity contribution in [2.75, 3.05) is 34.3 Å². The Hall–Kier alpha value is -3.34. The van der Waals surface area contributed by atoms with E-state index in [-0.39, 0.29) is 54.7 Å². The first-order valence-corrected chi connectivity index (χ1v) is 23.4. The van der Waals surface area contributed by atoms with E-state index in [1.165, 1.54) is 0 Å². The Balaban J connectivity index is 1.43. The predicted molar refractivity (Wildman–Crippen MR) is 238 cm³/mol. The van der Waals surface area contributed by atoms with Crippen molar-refractivity contribution < 1.29 is 48.3 Å². The Morgan fingerprint density at radius 2 is 1.68 bits per heavy atom. The molecule has 0 radical (unpaired) electrons. The van der Waals surface area contributed by atoms with Gasteiger partial charge in [0.1, 0.15) is 12.1 Å². The van der Waals surface area contributed by atoms with Gasteiger partial charge in [0.05, 0.1) is 53.7 Å². The topological polar surface area (TPSA) is 172 Å². The number of hydrogen-bond donors (Lipinski definition) is 3. The SMILES string of the molecule is CO[C@]1(C)C[C@H](O[C@H]2[C@H](C)[C@@H](O[C@@H]3O[C@H](C)C[C@H]4[C@H]3OC(=NC(C)C)N4C)[C@](C)(O)C[C@@H](C)CN(C)C(=O)[C@@H]3CCCN3C(=O)[C@H](Cc3ccccc3)NC(=O)[C@@H]2C)C[C@@H](C)[C@@H]1O. The molecule has 1 aromatic carbocycles. The molecule has 3 N–H and O–H groups in total. The largest absolute Gasteiger partial charge is 0.454 e. The first kappa shape index (κ1) is 49.1. The number of aliphatic hydroxyl groups excluding tert-OH is 1. The molecule has 63 heavy (non-hydrogen) atoms. The van der Waals surface area contributed by atoms with Crippen LogP contribution in [0.3, 0.4) is 0 Å². The molecule has 0 bridgehead atoms. The number of amidine groups is 1. The third kappa shape index (κ3) is 10.9. The van der Waals surface area contributed by atoms with Crippen LogP contribution in [-0.4, -0.2) is 161 Å². The molecule has 3 amide bonds. The molecule has 15 nitrogen and oxygen atoms in total. The number of amides is 3. The van der Waals surface area contributed by atoms with Crippen molar-refractivity contribution >= 4 is 23.7 Å². The normalized spacial score (nSPS) is 41.7. The lowest BCUT2D eigenvalue weighted by atomic mass is 9.74. The van der Waals surface area contributed by atoms with Gasteiger partial charge < -0.3 is 53.9 Å². The molecule has 354 valence electrons. The average molecular weight is 884 g/mol. The van der Waals surface area contributed by atoms with Crippen LogP contribution in [0.2, 0.25) is 0 Å². The summed E-state index contributed by atoms with van der Waals surface area (Å²) in [4.78, 5) is 53.9. The number of fused-ring (bicyclic) bond motifs is 2. The van der Waals surface area contributed by atoms with Crippen LogP contribution in [0.15, 0.2) is 35.3 Å². The van der Waals surface area contributed by atoms with Gasteiger partial charge in [0.2, 0.25) is 17.7 Å². The van der Waals surface area contributed by atoms with Crippen LogP contribution in [0.5, 0.6) is 0 Å². The van der Waals surface area contributed by atoms with Crippen molar-refractivity contribution in [1.29, 1.82) is 0 Å². The predicted octanol–water partition coefficient (Wildman–Crippen LogP) is 4.16. The van der Waals surface area contributed by atoms with Crippen LogP contribution in [-0.2, 0) is 44.5 Å². The van der Waals surface area contributed by atoms with Crippen LogP contribution >= 0.6 is 0 Å². The lowest BCUT2D eigenvalue weighted by molar-refractivity contribution is -0.291. The van der Waals surface area contributed by atoms with Crippen molar-refractivity contribution in [3.63, 3.8) is 0 Å². The summed E-state index contributed by atoms with van der Waals surface area (Å²) in [5.74, 6) is -2.79. The van der Waals surface area contributed by atoms with Gasteiger partial charge in [-0.05, 0) is 84.1 Å². The molecule has 4 saturated heterocycles. The molecule has 15 heteroatoms. The van der Waals surface area contributed by atoms with Gasteiger partial charge in [-0.25, -0.2) is 4.99 Å². The molecule has 5 fully saturated rings. The maximum atomic E-state index is 15.0. The smallest absolute Gasteiger partial charge is 0.288 e. The monoisotopic (exact) mass is 884 g/mol. The molecule has 0 unspecified atom stereocenters. The maximum Gasteiger partial charge on any atom is 0.288 e. The fourth-order valence-corrected chi connectivity index (χ4v) is 11.2. The number of rotatable bonds is 8. The van der Waals surface area contributed by atoms with Crippen molar-refractivity contribution in [3.05, 3.63) is 35.9 Å². The van der Waals surface area contributed by atoms with Crippen molar-refractivity contribution in [1.82, 2.24) is 20.0 Å². The van der Waals surface area contributed by atoms with E-state index in [0.29, 0.717) is 51.2 Å². The van der Waals surface area contributed by atoms with Gasteiger partial charge in [0, 0.05) is 59.1 Å². The number of carbonyl (C=O) groups excluding carboxylic acids is 3. The second-order valence-corrected chi connectivity index (χ2v) is 20.4.